The zero-order valence-electron chi connectivity index (χ0n) is 47.5. The number of aromatic nitrogens is 6. The Hall–Kier alpha value is -8.23. The molecule has 0 aliphatic carbocycles. The van der Waals surface area contributed by atoms with E-state index in [4.69, 9.17) is 9.72 Å². The number of aliphatic carboxylic acids is 1. The van der Waals surface area contributed by atoms with Crippen molar-refractivity contribution < 1.29 is 42.6 Å². The Morgan fingerprint density at radius 1 is 0.575 bits per heavy atom. The molecule has 0 spiro atoms. The highest BCUT2D eigenvalue weighted by atomic mass is 19.1. The number of nitrogens with zero attached hydrogens (tertiary/aromatic N) is 8. The largest absolute Gasteiger partial charge is 0.481 e. The number of hydrazine groups is 1. The topological polar surface area (TPSA) is 231 Å². The first kappa shape index (κ1) is 59.4. The maximum Gasteiger partial charge on any atom is 0.426 e. The number of ether oxygens (including phenoxy) is 1. The second-order valence-corrected chi connectivity index (χ2v) is 23.6. The Labute approximate surface area is 465 Å². The predicted molar refractivity (Wildman–Crippen MR) is 299 cm³/mol. The Morgan fingerprint density at radius 2 is 0.975 bits per heavy atom. The first-order chi connectivity index (χ1) is 37.6. The van der Waals surface area contributed by atoms with Gasteiger partial charge in [-0.15, -0.1) is 0 Å². The highest BCUT2D eigenvalue weighted by Crippen LogP contribution is 2.38. The highest BCUT2D eigenvalue weighted by molar-refractivity contribution is 5.96. The van der Waals surface area contributed by atoms with Gasteiger partial charge in [-0.2, -0.15) is 10.2 Å². The van der Waals surface area contributed by atoms with Gasteiger partial charge in [0.05, 0.1) is 45.4 Å². The van der Waals surface area contributed by atoms with Crippen molar-refractivity contribution in [2.24, 2.45) is 10.8 Å². The number of carboxylic acid groups (broad SMARTS) is 1. The molecular weight excluding hydrogens is 1030 g/mol. The molecule has 4 amide bonds. The van der Waals surface area contributed by atoms with Crippen LogP contribution in [0.25, 0.3) is 0 Å². The average Bonchev–Trinajstić information content (AvgIpc) is 4.08. The lowest BCUT2D eigenvalue weighted by molar-refractivity contribution is -0.151. The van der Waals surface area contributed by atoms with E-state index in [1.54, 1.807) is 76.2 Å². The number of aryl methyl sites for hydroxylation is 2. The monoisotopic (exact) mass is 1100 g/mol. The summed E-state index contributed by atoms with van der Waals surface area (Å²) in [6.45, 7) is 21.6. The van der Waals surface area contributed by atoms with Crippen LogP contribution < -0.4 is 21.5 Å². The number of anilines is 4. The summed E-state index contributed by atoms with van der Waals surface area (Å²) < 4.78 is 38.2. The lowest BCUT2D eigenvalue weighted by Crippen LogP contribution is -2.55. The second-order valence-electron chi connectivity index (χ2n) is 23.6. The molecule has 0 atom stereocenters. The van der Waals surface area contributed by atoms with Crippen LogP contribution in [-0.4, -0.2) is 106 Å². The molecule has 2 saturated heterocycles. The lowest BCUT2D eigenvalue weighted by Gasteiger charge is -2.40. The fraction of sp³-hybridized carbons (Fsp3) is 0.441. The molecule has 4 aromatic heterocycles. The number of amides is 4. The Kier molecular flexibility index (Phi) is 17.8. The first-order valence-electron chi connectivity index (χ1n) is 26.7. The number of benzene rings is 2. The van der Waals surface area contributed by atoms with Crippen LogP contribution in [0, 0.1) is 36.3 Å². The zero-order chi connectivity index (χ0) is 58.4. The third-order valence-corrected chi connectivity index (χ3v) is 14.2. The number of likely N-dealkylation sites (tertiary alicyclic amines) is 2. The molecule has 8 rings (SSSR count). The van der Waals surface area contributed by atoms with Gasteiger partial charge in [0, 0.05) is 62.5 Å². The molecular formula is C59H74F2N12O7. The molecule has 426 valence electrons. The van der Waals surface area contributed by atoms with Crippen molar-refractivity contribution in [3.05, 3.63) is 143 Å². The molecule has 2 fully saturated rings. The van der Waals surface area contributed by atoms with E-state index in [2.05, 4.69) is 57.4 Å². The molecule has 21 heteroatoms. The predicted octanol–water partition coefficient (Wildman–Crippen LogP) is 10.0. The van der Waals surface area contributed by atoms with E-state index in [0.29, 0.717) is 34.2 Å². The van der Waals surface area contributed by atoms with Gasteiger partial charge in [-0.1, -0.05) is 36.4 Å². The minimum atomic E-state index is -1.05. The van der Waals surface area contributed by atoms with Crippen LogP contribution in [0.1, 0.15) is 131 Å². The zero-order valence-corrected chi connectivity index (χ0v) is 47.5. The molecule has 0 saturated carbocycles. The summed E-state index contributed by atoms with van der Waals surface area (Å²) in [7, 11) is 0. The molecule has 6 aromatic rings. The third kappa shape index (κ3) is 14.3. The van der Waals surface area contributed by atoms with E-state index in [1.807, 2.05) is 78.7 Å². The van der Waals surface area contributed by atoms with E-state index < -0.39 is 57.8 Å². The number of carboxylic acids is 1. The fourth-order valence-corrected chi connectivity index (χ4v) is 9.85. The Bertz CT molecular complexity index is 3210. The molecule has 0 bridgehead atoms. The van der Waals surface area contributed by atoms with E-state index in [0.717, 1.165) is 11.6 Å². The molecule has 2 aliphatic rings. The van der Waals surface area contributed by atoms with Gasteiger partial charge in [0.2, 0.25) is 5.91 Å². The number of hydrogen-bond acceptors (Lipinski definition) is 12. The maximum absolute atomic E-state index is 14.7. The number of carbonyl (C=O) groups is 5. The van der Waals surface area contributed by atoms with E-state index >= 15 is 0 Å². The summed E-state index contributed by atoms with van der Waals surface area (Å²) in [5.41, 5.74) is 3.69. The molecule has 0 unspecified atom stereocenters. The lowest BCUT2D eigenvalue weighted by atomic mass is 9.73. The maximum atomic E-state index is 14.7. The van der Waals surface area contributed by atoms with Crippen LogP contribution >= 0.6 is 0 Å². The van der Waals surface area contributed by atoms with E-state index in [9.17, 15) is 37.9 Å². The molecule has 6 heterocycles. The van der Waals surface area contributed by atoms with Gasteiger partial charge in [-0.3, -0.25) is 24.6 Å². The van der Waals surface area contributed by atoms with Crippen molar-refractivity contribution in [3.8, 4) is 0 Å². The summed E-state index contributed by atoms with van der Waals surface area (Å²) in [4.78, 5) is 77.1. The van der Waals surface area contributed by atoms with Gasteiger partial charge in [0.25, 0.3) is 11.8 Å². The van der Waals surface area contributed by atoms with Crippen LogP contribution in [0.4, 0.5) is 36.8 Å². The molecule has 0 radical (unpaired) electrons. The van der Waals surface area contributed by atoms with Crippen molar-refractivity contribution in [2.45, 2.75) is 131 Å². The summed E-state index contributed by atoms with van der Waals surface area (Å²) in [5, 5.41) is 25.6. The summed E-state index contributed by atoms with van der Waals surface area (Å²) >= 11 is 0. The number of piperidine rings is 2. The normalized spacial score (nSPS) is 15.2. The quantitative estimate of drug-likeness (QED) is 0.0719. The molecule has 2 aliphatic heterocycles. The SMILES string of the molecule is Cc1cccc(C(=O)N2CCC(Cc3cccc(Nc4ccnn4C(C)(C)C)n3)(C(=O)NNC(=O)OC(C)(C)C)CC2)c1F.Cc1cccc(C(=O)N2CCC(Cc3cccc(Nc4ccnn4C(C)(C)C)n3)(C(=O)O)CC2)c1F. The van der Waals surface area contributed by atoms with Crippen LogP contribution in [0.5, 0.6) is 0 Å². The number of hydrogen-bond donors (Lipinski definition) is 5. The van der Waals surface area contributed by atoms with Gasteiger partial charge >= 0.3 is 12.1 Å². The van der Waals surface area contributed by atoms with Gasteiger partial charge < -0.3 is 30.3 Å². The van der Waals surface area contributed by atoms with Crippen molar-refractivity contribution in [2.75, 3.05) is 36.8 Å². The van der Waals surface area contributed by atoms with Gasteiger partial charge in [-0.25, -0.2) is 38.3 Å². The number of halogens is 2. The molecule has 2 aromatic carbocycles. The fourth-order valence-electron chi connectivity index (χ4n) is 9.85. The van der Waals surface area contributed by atoms with Crippen molar-refractivity contribution >= 4 is 53.1 Å². The molecule has 19 nitrogen and oxygen atoms in total. The minimum absolute atomic E-state index is 0.00323. The van der Waals surface area contributed by atoms with Crippen LogP contribution in [0.15, 0.2) is 97.3 Å². The van der Waals surface area contributed by atoms with Gasteiger partial charge in [-0.05, 0) is 149 Å². The summed E-state index contributed by atoms with van der Waals surface area (Å²) in [5.74, 6) is -0.511. The highest BCUT2D eigenvalue weighted by Gasteiger charge is 2.45. The van der Waals surface area contributed by atoms with Crippen LogP contribution in [-0.2, 0) is 38.2 Å². The molecule has 80 heavy (non-hydrogen) atoms. The van der Waals surface area contributed by atoms with E-state index in [1.165, 1.54) is 17.0 Å². The number of pyridine rings is 2. The van der Waals surface area contributed by atoms with Crippen molar-refractivity contribution in [1.82, 2.24) is 50.2 Å². The average molecular weight is 1100 g/mol. The van der Waals surface area contributed by atoms with E-state index in [-0.39, 0.29) is 86.9 Å². The molecule has 5 N–H and O–H groups in total. The number of carbonyl (C=O) groups excluding carboxylic acids is 4. The van der Waals surface area contributed by atoms with Crippen LogP contribution in [0.3, 0.4) is 0 Å². The van der Waals surface area contributed by atoms with Crippen molar-refractivity contribution in [3.63, 3.8) is 0 Å². The summed E-state index contributed by atoms with van der Waals surface area (Å²) in [6, 6.07) is 24.2. The third-order valence-electron chi connectivity index (χ3n) is 14.2. The van der Waals surface area contributed by atoms with Crippen LogP contribution in [0.2, 0.25) is 0 Å². The van der Waals surface area contributed by atoms with Crippen molar-refractivity contribution in [1.29, 1.82) is 0 Å². The Balaban J connectivity index is 0.000000236. The first-order valence-corrected chi connectivity index (χ1v) is 26.7. The van der Waals surface area contributed by atoms with Gasteiger partial charge in [0.1, 0.15) is 40.5 Å². The number of rotatable bonds is 12. The minimum Gasteiger partial charge on any atom is -0.481 e. The Morgan fingerprint density at radius 3 is 1.38 bits per heavy atom. The second kappa shape index (κ2) is 24.0. The smallest absolute Gasteiger partial charge is 0.426 e. The number of nitrogens with one attached hydrogen (secondary N) is 4. The standard InChI is InChI=1S/C32H42FN7O4.C27H32FN5O3/c1-21-10-8-12-23(26(21)33)27(41)39-18-15-32(16-19-39,28(42)37-38-29(43)44-31(5,6)7)20-22-11-9-13-24(35-22)36-25-14-17-34-40(25)30(2,3)4;1-18-7-5-9-20(23(18)28)24(34)32-15-12-27(13-16-32,25(35)36)17-19-8-6-10-21(30-19)31-22-11-14-29-33(22)26(2,3)4/h8-14,17H,15-16,18-20H2,1-7H3,(H,35,36)(H,37,42)(H,38,43);5-11,14H,12-13,15-17H2,1-4H3,(H,30,31)(H,35,36). The van der Waals surface area contributed by atoms with Gasteiger partial charge in [0.15, 0.2) is 0 Å². The summed E-state index contributed by atoms with van der Waals surface area (Å²) in [6.07, 6.45) is 4.17.